The van der Waals surface area contributed by atoms with Crippen molar-refractivity contribution in [2.75, 3.05) is 40.9 Å². The minimum Gasteiger partial charge on any atom is -0.756 e. The maximum atomic E-state index is 12.7. The van der Waals surface area contributed by atoms with E-state index in [0.29, 0.717) is 17.4 Å². The first kappa shape index (κ1) is 44.7. The molecule has 1 amide bonds. The van der Waals surface area contributed by atoms with Crippen molar-refractivity contribution in [1.82, 2.24) is 5.32 Å². The Morgan fingerprint density at radius 2 is 1.26 bits per heavy atom. The number of hydrogen-bond acceptors (Lipinski definition) is 6. The lowest BCUT2D eigenvalue weighted by atomic mass is 10.1. The average molecular weight is 671 g/mol. The number of phosphoric acid groups is 1. The van der Waals surface area contributed by atoms with Gasteiger partial charge in [0.1, 0.15) is 13.2 Å². The molecule has 0 aromatic heterocycles. The van der Waals surface area contributed by atoms with Gasteiger partial charge in [-0.25, -0.2) is 0 Å². The van der Waals surface area contributed by atoms with E-state index in [4.69, 9.17) is 9.05 Å². The van der Waals surface area contributed by atoms with Gasteiger partial charge < -0.3 is 28.8 Å². The highest BCUT2D eigenvalue weighted by molar-refractivity contribution is 7.45. The number of quaternary nitrogens is 1. The number of nitrogens with one attached hydrogen (secondary N) is 1. The molecule has 8 nitrogen and oxygen atoms in total. The van der Waals surface area contributed by atoms with E-state index in [0.717, 1.165) is 51.4 Å². The van der Waals surface area contributed by atoms with Gasteiger partial charge in [-0.15, -0.1) is 0 Å². The molecule has 46 heavy (non-hydrogen) atoms. The van der Waals surface area contributed by atoms with Gasteiger partial charge in [0.2, 0.25) is 5.91 Å². The average Bonchev–Trinajstić information content (AvgIpc) is 2.99. The van der Waals surface area contributed by atoms with Gasteiger partial charge in [-0.2, -0.15) is 0 Å². The molecule has 9 heteroatoms. The van der Waals surface area contributed by atoms with Crippen molar-refractivity contribution in [1.29, 1.82) is 0 Å². The lowest BCUT2D eigenvalue weighted by Gasteiger charge is -2.29. The number of phosphoric ester groups is 1. The van der Waals surface area contributed by atoms with Crippen LogP contribution in [-0.2, 0) is 18.4 Å². The number of rotatable bonds is 32. The number of unbranched alkanes of at least 4 members (excludes halogenated alkanes) is 16. The fourth-order valence-corrected chi connectivity index (χ4v) is 5.57. The van der Waals surface area contributed by atoms with Gasteiger partial charge in [0, 0.05) is 6.42 Å². The molecule has 0 aliphatic carbocycles. The maximum absolute atomic E-state index is 12.7. The number of hydrogen-bond donors (Lipinski definition) is 2. The van der Waals surface area contributed by atoms with Crippen LogP contribution in [-0.4, -0.2) is 68.5 Å². The Labute approximate surface area is 283 Å². The molecule has 2 N–H and O–H groups in total. The van der Waals surface area contributed by atoms with Gasteiger partial charge in [-0.05, 0) is 44.9 Å². The van der Waals surface area contributed by atoms with Crippen molar-refractivity contribution in [3.63, 3.8) is 0 Å². The second-order valence-electron chi connectivity index (χ2n) is 13.6. The van der Waals surface area contributed by atoms with Crippen LogP contribution in [0.2, 0.25) is 0 Å². The van der Waals surface area contributed by atoms with E-state index < -0.39 is 26.6 Å². The predicted molar refractivity (Wildman–Crippen MR) is 191 cm³/mol. The van der Waals surface area contributed by atoms with Crippen molar-refractivity contribution >= 4 is 13.7 Å². The molecule has 0 radical (unpaired) electrons. The van der Waals surface area contributed by atoms with Crippen molar-refractivity contribution < 1.29 is 32.9 Å². The van der Waals surface area contributed by atoms with E-state index in [1.807, 2.05) is 27.2 Å². The van der Waals surface area contributed by atoms with Crippen molar-refractivity contribution in [2.24, 2.45) is 0 Å². The maximum Gasteiger partial charge on any atom is 0.268 e. The normalized spacial score (nSPS) is 15.2. The Hall–Kier alpha value is -1.28. The van der Waals surface area contributed by atoms with Crippen LogP contribution in [0.3, 0.4) is 0 Å². The van der Waals surface area contributed by atoms with Crippen LogP contribution in [0, 0.1) is 0 Å². The number of carbonyl (C=O) groups excluding carboxylic acids is 1. The summed E-state index contributed by atoms with van der Waals surface area (Å²) in [6.07, 6.45) is 33.4. The van der Waals surface area contributed by atoms with E-state index in [9.17, 15) is 19.4 Å². The largest absolute Gasteiger partial charge is 0.756 e. The Bertz CT molecular complexity index is 855. The first-order valence-electron chi connectivity index (χ1n) is 18.4. The van der Waals surface area contributed by atoms with Crippen LogP contribution in [0.15, 0.2) is 36.5 Å². The summed E-state index contributed by atoms with van der Waals surface area (Å²) in [6.45, 7) is 4.53. The molecule has 0 aliphatic rings. The highest BCUT2D eigenvalue weighted by Crippen LogP contribution is 2.38. The molecular weight excluding hydrogens is 599 g/mol. The van der Waals surface area contributed by atoms with Crippen LogP contribution < -0.4 is 10.2 Å². The molecule has 0 spiro atoms. The molecular formula is C37H71N2O6P. The van der Waals surface area contributed by atoms with Crippen molar-refractivity contribution in [3.05, 3.63) is 36.5 Å². The number of likely N-dealkylation sites (N-methyl/N-ethyl adjacent to an activating group) is 1. The monoisotopic (exact) mass is 671 g/mol. The van der Waals surface area contributed by atoms with Gasteiger partial charge in [-0.3, -0.25) is 9.36 Å². The molecule has 0 fully saturated rings. The summed E-state index contributed by atoms with van der Waals surface area (Å²) in [5, 5.41) is 13.6. The van der Waals surface area contributed by atoms with Crippen molar-refractivity contribution in [3.8, 4) is 0 Å². The highest BCUT2D eigenvalue weighted by Gasteiger charge is 2.23. The zero-order valence-corrected chi connectivity index (χ0v) is 31.2. The third-order valence-electron chi connectivity index (χ3n) is 7.88. The predicted octanol–water partition coefficient (Wildman–Crippen LogP) is 8.55. The number of nitrogens with zero attached hydrogens (tertiary/aromatic N) is 1. The fraction of sp³-hybridized carbons (Fsp3) is 0.811. The van der Waals surface area contributed by atoms with Gasteiger partial charge in [0.05, 0.1) is 39.9 Å². The van der Waals surface area contributed by atoms with Crippen LogP contribution >= 0.6 is 7.82 Å². The van der Waals surface area contributed by atoms with Gasteiger partial charge in [0.25, 0.3) is 7.82 Å². The molecule has 0 saturated carbocycles. The van der Waals surface area contributed by atoms with E-state index in [1.54, 1.807) is 12.2 Å². The lowest BCUT2D eigenvalue weighted by molar-refractivity contribution is -0.870. The molecule has 270 valence electrons. The topological polar surface area (TPSA) is 108 Å². The second-order valence-corrected chi connectivity index (χ2v) is 15.0. The van der Waals surface area contributed by atoms with Gasteiger partial charge in [0.15, 0.2) is 0 Å². The number of allylic oxidation sites excluding steroid dienone is 5. The summed E-state index contributed by atoms with van der Waals surface area (Å²) >= 11 is 0. The number of aliphatic hydroxyl groups is 1. The van der Waals surface area contributed by atoms with Crippen molar-refractivity contribution in [2.45, 2.75) is 154 Å². The summed E-state index contributed by atoms with van der Waals surface area (Å²) in [5.41, 5.74) is 0. The minimum atomic E-state index is -4.59. The molecule has 0 aliphatic heterocycles. The minimum absolute atomic E-state index is 0.0113. The van der Waals surface area contributed by atoms with Crippen LogP contribution in [0.25, 0.3) is 0 Å². The zero-order valence-electron chi connectivity index (χ0n) is 30.3. The van der Waals surface area contributed by atoms with Gasteiger partial charge in [-0.1, -0.05) is 127 Å². The van der Waals surface area contributed by atoms with Crippen LogP contribution in [0.1, 0.15) is 142 Å². The molecule has 0 aromatic carbocycles. The zero-order chi connectivity index (χ0) is 34.4. The number of aliphatic hydroxyl groups excluding tert-OH is 1. The SMILES string of the molecule is CCCCCC/C=C/CCCCCCCC(=O)N[C@@H](COP(=O)([O-])OCC[N+](C)(C)C)[C@H](O)/C=C/C=C/CCCCCCCCC. The Balaban J connectivity index is 4.65. The molecule has 1 unspecified atom stereocenters. The Kier molecular flexibility index (Phi) is 29.0. The third kappa shape index (κ3) is 31.3. The summed E-state index contributed by atoms with van der Waals surface area (Å²) in [6, 6.07) is -0.918. The van der Waals surface area contributed by atoms with E-state index >= 15 is 0 Å². The molecule has 0 heterocycles. The highest BCUT2D eigenvalue weighted by atomic mass is 31.2. The summed E-state index contributed by atoms with van der Waals surface area (Å²) in [7, 11) is 1.22. The van der Waals surface area contributed by atoms with Crippen LogP contribution in [0.4, 0.5) is 0 Å². The number of carbonyl (C=O) groups is 1. The molecule has 0 aromatic rings. The second kappa shape index (κ2) is 29.8. The van der Waals surface area contributed by atoms with E-state index in [-0.39, 0.29) is 12.5 Å². The smallest absolute Gasteiger partial charge is 0.268 e. The third-order valence-corrected chi connectivity index (χ3v) is 8.84. The summed E-state index contributed by atoms with van der Waals surface area (Å²) in [4.78, 5) is 25.1. The quantitative estimate of drug-likeness (QED) is 0.0244. The van der Waals surface area contributed by atoms with E-state index in [1.165, 1.54) is 70.6 Å². The first-order valence-corrected chi connectivity index (χ1v) is 19.8. The molecule has 0 rings (SSSR count). The molecule has 0 bridgehead atoms. The van der Waals surface area contributed by atoms with Crippen LogP contribution in [0.5, 0.6) is 0 Å². The standard InChI is InChI=1S/C37H71N2O6P/c1-6-8-10-12-14-16-18-19-21-23-25-27-29-31-37(41)38-35(34-45-46(42,43)44-33-32-39(3,4)5)36(40)30-28-26-24-22-20-17-15-13-11-9-7-2/h16,18,24,26,28,30,35-36,40H,6-15,17,19-23,25,27,29,31-34H2,1-5H3,(H-,38,41,42,43)/b18-16+,26-24+,30-28+/t35-,36+/m0/s1. The number of amides is 1. The molecule has 0 saturated heterocycles. The fourth-order valence-electron chi connectivity index (χ4n) is 4.85. The summed E-state index contributed by atoms with van der Waals surface area (Å²) in [5.74, 6) is -0.229. The Morgan fingerprint density at radius 3 is 1.83 bits per heavy atom. The lowest BCUT2D eigenvalue weighted by Crippen LogP contribution is -2.45. The van der Waals surface area contributed by atoms with Gasteiger partial charge >= 0.3 is 0 Å². The summed E-state index contributed by atoms with van der Waals surface area (Å²) < 4.78 is 23.0. The molecule has 3 atom stereocenters. The van der Waals surface area contributed by atoms with E-state index in [2.05, 4.69) is 37.4 Å². The Morgan fingerprint density at radius 1 is 0.761 bits per heavy atom. The first-order chi connectivity index (χ1) is 22.0.